The summed E-state index contributed by atoms with van der Waals surface area (Å²) < 4.78 is 5.79. The van der Waals surface area contributed by atoms with E-state index in [-0.39, 0.29) is 23.1 Å². The molecular formula is C26H30N2O4. The Kier molecular flexibility index (Phi) is 7.36. The fourth-order valence-electron chi connectivity index (χ4n) is 3.82. The molecule has 0 radical (unpaired) electrons. The van der Waals surface area contributed by atoms with Crippen LogP contribution < -0.4 is 15.0 Å². The Labute approximate surface area is 188 Å². The van der Waals surface area contributed by atoms with Gasteiger partial charge in [0.2, 0.25) is 5.91 Å². The molecule has 6 heteroatoms. The van der Waals surface area contributed by atoms with Gasteiger partial charge in [0.15, 0.2) is 0 Å². The highest BCUT2D eigenvalue weighted by atomic mass is 16.5. The molecule has 0 fully saturated rings. The number of rotatable bonds is 8. The summed E-state index contributed by atoms with van der Waals surface area (Å²) >= 11 is 0. The molecule has 6 nitrogen and oxygen atoms in total. The van der Waals surface area contributed by atoms with Gasteiger partial charge in [0.25, 0.3) is 5.91 Å². The molecule has 3 aromatic carbocycles. The molecule has 0 bridgehead atoms. The van der Waals surface area contributed by atoms with E-state index in [0.29, 0.717) is 37.2 Å². The van der Waals surface area contributed by atoms with Crippen molar-refractivity contribution in [3.8, 4) is 11.5 Å². The van der Waals surface area contributed by atoms with Gasteiger partial charge in [-0.15, -0.1) is 0 Å². The van der Waals surface area contributed by atoms with Crippen molar-refractivity contribution >= 4 is 28.3 Å². The van der Waals surface area contributed by atoms with Crippen LogP contribution in [0.1, 0.15) is 41.8 Å². The lowest BCUT2D eigenvalue weighted by Gasteiger charge is -2.21. The van der Waals surface area contributed by atoms with E-state index in [1.54, 1.807) is 29.2 Å². The summed E-state index contributed by atoms with van der Waals surface area (Å²) in [5.41, 5.74) is 3.19. The number of anilines is 1. The lowest BCUT2D eigenvalue weighted by molar-refractivity contribution is -0.116. The Morgan fingerprint density at radius 1 is 1.06 bits per heavy atom. The molecule has 0 saturated heterocycles. The Bertz CT molecular complexity index is 1140. The average Bonchev–Trinajstić information content (AvgIpc) is 2.75. The van der Waals surface area contributed by atoms with E-state index >= 15 is 0 Å². The van der Waals surface area contributed by atoms with Crippen LogP contribution in [0.15, 0.2) is 48.5 Å². The fraction of sp³-hybridized carbons (Fsp3) is 0.308. The third kappa shape index (κ3) is 5.02. The maximum Gasteiger partial charge on any atom is 0.255 e. The summed E-state index contributed by atoms with van der Waals surface area (Å²) in [6.45, 7) is 8.87. The van der Waals surface area contributed by atoms with E-state index in [2.05, 4.69) is 11.4 Å². The number of nitrogens with one attached hydrogen (secondary N) is 1. The minimum Gasteiger partial charge on any atom is -0.506 e. The number of benzene rings is 3. The van der Waals surface area contributed by atoms with Crippen molar-refractivity contribution < 1.29 is 19.4 Å². The molecule has 0 atom stereocenters. The van der Waals surface area contributed by atoms with Crippen molar-refractivity contribution in [2.45, 2.75) is 34.1 Å². The van der Waals surface area contributed by atoms with E-state index < -0.39 is 0 Å². The topological polar surface area (TPSA) is 78.9 Å². The number of fused-ring (bicyclic) bond motifs is 1. The molecule has 0 saturated carbocycles. The number of hydrogen-bond donors (Lipinski definition) is 2. The monoisotopic (exact) mass is 434 g/mol. The quantitative estimate of drug-likeness (QED) is 0.502. The van der Waals surface area contributed by atoms with Crippen molar-refractivity contribution in [3.63, 3.8) is 0 Å². The number of phenolic OH excluding ortho intramolecular Hbond substituents is 1. The Balaban J connectivity index is 1.65. The van der Waals surface area contributed by atoms with Crippen LogP contribution in [0.25, 0.3) is 10.8 Å². The van der Waals surface area contributed by atoms with Crippen LogP contribution in [-0.2, 0) is 4.79 Å². The second kappa shape index (κ2) is 10.2. The number of amides is 2. The number of carbonyl (C=O) groups excluding carboxylic acids is 2. The zero-order chi connectivity index (χ0) is 23.3. The zero-order valence-electron chi connectivity index (χ0n) is 19.1. The highest BCUT2D eigenvalue weighted by Gasteiger charge is 2.18. The minimum atomic E-state index is -0.347. The van der Waals surface area contributed by atoms with E-state index in [1.807, 2.05) is 39.0 Å². The first kappa shape index (κ1) is 23.1. The first-order chi connectivity index (χ1) is 15.3. The van der Waals surface area contributed by atoms with Gasteiger partial charge in [0.1, 0.15) is 11.5 Å². The molecule has 0 aliphatic rings. The Morgan fingerprint density at radius 3 is 2.53 bits per heavy atom. The average molecular weight is 435 g/mol. The fourth-order valence-corrected chi connectivity index (χ4v) is 3.82. The van der Waals surface area contributed by atoms with Gasteiger partial charge in [-0.05, 0) is 51.0 Å². The van der Waals surface area contributed by atoms with Gasteiger partial charge in [0.05, 0.1) is 17.9 Å². The van der Waals surface area contributed by atoms with E-state index in [1.165, 1.54) is 12.5 Å². The lowest BCUT2D eigenvalue weighted by atomic mass is 10.0. The van der Waals surface area contributed by atoms with Crippen LogP contribution in [0.5, 0.6) is 11.5 Å². The standard InChI is InChI=1S/C26H30N2O4/c1-5-28(19(4)29)23-9-6-8-21-20(23)11-12-22(25(21)30)26(31)27-14-7-15-32-24-13-10-17(2)16-18(24)3/h6,8-13,16,30H,5,7,14-15H2,1-4H3,(H,27,31). The molecule has 3 aromatic rings. The van der Waals surface area contributed by atoms with Crippen molar-refractivity contribution in [2.75, 3.05) is 24.6 Å². The van der Waals surface area contributed by atoms with Crippen molar-refractivity contribution in [1.82, 2.24) is 5.32 Å². The van der Waals surface area contributed by atoms with Crippen LogP contribution in [0.4, 0.5) is 5.69 Å². The molecule has 0 heterocycles. The first-order valence-electron chi connectivity index (χ1n) is 10.8. The van der Waals surface area contributed by atoms with Gasteiger partial charge in [-0.3, -0.25) is 9.59 Å². The van der Waals surface area contributed by atoms with Crippen LogP contribution in [0, 0.1) is 13.8 Å². The minimum absolute atomic E-state index is 0.0793. The van der Waals surface area contributed by atoms with E-state index in [4.69, 9.17) is 4.74 Å². The Hall–Kier alpha value is -3.54. The van der Waals surface area contributed by atoms with Crippen molar-refractivity contribution in [1.29, 1.82) is 0 Å². The highest BCUT2D eigenvalue weighted by Crippen LogP contribution is 2.34. The second-order valence-corrected chi connectivity index (χ2v) is 7.82. The molecule has 0 aromatic heterocycles. The van der Waals surface area contributed by atoms with Gasteiger partial charge in [0, 0.05) is 30.8 Å². The summed E-state index contributed by atoms with van der Waals surface area (Å²) in [6.07, 6.45) is 0.640. The predicted octanol–water partition coefficient (Wildman–Crippen LogP) is 4.73. The maximum absolute atomic E-state index is 12.6. The number of ether oxygens (including phenoxy) is 1. The molecule has 0 aliphatic heterocycles. The van der Waals surface area contributed by atoms with Gasteiger partial charge < -0.3 is 20.1 Å². The number of aromatic hydroxyl groups is 1. The largest absolute Gasteiger partial charge is 0.506 e. The van der Waals surface area contributed by atoms with Crippen LogP contribution in [0.3, 0.4) is 0 Å². The normalized spacial score (nSPS) is 10.8. The summed E-state index contributed by atoms with van der Waals surface area (Å²) in [4.78, 5) is 26.2. The molecule has 0 aliphatic carbocycles. The number of aryl methyl sites for hydroxylation is 2. The third-order valence-corrected chi connectivity index (χ3v) is 5.44. The van der Waals surface area contributed by atoms with Crippen LogP contribution >= 0.6 is 0 Å². The van der Waals surface area contributed by atoms with E-state index in [0.717, 1.165) is 16.7 Å². The van der Waals surface area contributed by atoms with Crippen LogP contribution in [0.2, 0.25) is 0 Å². The Morgan fingerprint density at radius 2 is 1.84 bits per heavy atom. The van der Waals surface area contributed by atoms with Gasteiger partial charge in [-0.25, -0.2) is 0 Å². The highest BCUT2D eigenvalue weighted by molar-refractivity contribution is 6.09. The summed E-state index contributed by atoms with van der Waals surface area (Å²) in [5, 5.41) is 14.8. The maximum atomic E-state index is 12.6. The summed E-state index contributed by atoms with van der Waals surface area (Å²) in [7, 11) is 0. The molecule has 32 heavy (non-hydrogen) atoms. The third-order valence-electron chi connectivity index (χ3n) is 5.44. The summed E-state index contributed by atoms with van der Waals surface area (Å²) in [5.74, 6) is 0.328. The first-order valence-corrected chi connectivity index (χ1v) is 10.8. The smallest absolute Gasteiger partial charge is 0.255 e. The molecule has 0 unspecified atom stereocenters. The van der Waals surface area contributed by atoms with Crippen molar-refractivity contribution in [2.24, 2.45) is 0 Å². The lowest BCUT2D eigenvalue weighted by Crippen LogP contribution is -2.28. The number of phenols is 1. The molecule has 2 N–H and O–H groups in total. The predicted molar refractivity (Wildman–Crippen MR) is 128 cm³/mol. The zero-order valence-corrected chi connectivity index (χ0v) is 19.1. The van der Waals surface area contributed by atoms with E-state index in [9.17, 15) is 14.7 Å². The van der Waals surface area contributed by atoms with Gasteiger partial charge >= 0.3 is 0 Å². The molecule has 0 spiro atoms. The molecule has 3 rings (SSSR count). The van der Waals surface area contributed by atoms with Gasteiger partial charge in [-0.1, -0.05) is 35.9 Å². The second-order valence-electron chi connectivity index (χ2n) is 7.82. The van der Waals surface area contributed by atoms with Gasteiger partial charge in [-0.2, -0.15) is 0 Å². The number of hydrogen-bond acceptors (Lipinski definition) is 4. The SMILES string of the molecule is CCN(C(C)=O)c1cccc2c(O)c(C(=O)NCCCOc3ccc(C)cc3C)ccc12. The number of nitrogens with zero attached hydrogens (tertiary/aromatic N) is 1. The molecule has 168 valence electrons. The molecular weight excluding hydrogens is 404 g/mol. The number of carbonyl (C=O) groups is 2. The van der Waals surface area contributed by atoms with Crippen LogP contribution in [-0.4, -0.2) is 36.6 Å². The summed E-state index contributed by atoms with van der Waals surface area (Å²) in [6, 6.07) is 14.8. The van der Waals surface area contributed by atoms with Crippen molar-refractivity contribution in [3.05, 3.63) is 65.2 Å². The molecule has 2 amide bonds.